The number of nitrogens with zero attached hydrogens (tertiary/aromatic N) is 1. The van der Waals surface area contributed by atoms with Gasteiger partial charge in [0, 0.05) is 36.3 Å². The smallest absolute Gasteiger partial charge is 0.226 e. The van der Waals surface area contributed by atoms with Crippen molar-refractivity contribution in [3.8, 4) is 0 Å². The number of nitrogens with one attached hydrogen (secondary N) is 1. The number of carbonyl (C=O) groups excluding carboxylic acids is 2. The van der Waals surface area contributed by atoms with E-state index in [0.717, 1.165) is 5.56 Å². The highest BCUT2D eigenvalue weighted by atomic mass is 35.5. The molecule has 0 aliphatic rings. The van der Waals surface area contributed by atoms with Gasteiger partial charge in [0.2, 0.25) is 11.8 Å². The molecule has 0 atom stereocenters. The standard InChI is InChI=1S/C18H17Cl2FN2O2/c1-11-14(19)4-3-5-17(11)23(12(2)24)9-8-18(25)22-13-6-7-16(21)15(20)10-13/h3-7,10H,8-9H2,1-2H3,(H,22,25). The summed E-state index contributed by atoms with van der Waals surface area (Å²) in [5.74, 6) is -1.06. The third kappa shape index (κ3) is 4.94. The van der Waals surface area contributed by atoms with E-state index in [1.54, 1.807) is 18.2 Å². The zero-order valence-electron chi connectivity index (χ0n) is 13.8. The van der Waals surface area contributed by atoms with E-state index in [2.05, 4.69) is 5.32 Å². The fourth-order valence-electron chi connectivity index (χ4n) is 2.35. The monoisotopic (exact) mass is 382 g/mol. The van der Waals surface area contributed by atoms with Gasteiger partial charge in [0.15, 0.2) is 0 Å². The summed E-state index contributed by atoms with van der Waals surface area (Å²) in [6.07, 6.45) is 0.0700. The second-order valence-corrected chi connectivity index (χ2v) is 6.30. The minimum absolute atomic E-state index is 0.0700. The van der Waals surface area contributed by atoms with E-state index < -0.39 is 5.82 Å². The topological polar surface area (TPSA) is 49.4 Å². The molecule has 0 radical (unpaired) electrons. The molecule has 0 aliphatic heterocycles. The van der Waals surface area contributed by atoms with Crippen molar-refractivity contribution in [3.05, 3.63) is 57.8 Å². The van der Waals surface area contributed by atoms with Gasteiger partial charge >= 0.3 is 0 Å². The van der Waals surface area contributed by atoms with Crippen LogP contribution in [0.1, 0.15) is 18.9 Å². The van der Waals surface area contributed by atoms with Crippen molar-refractivity contribution in [3.63, 3.8) is 0 Å². The van der Waals surface area contributed by atoms with Gasteiger partial charge in [0.25, 0.3) is 0 Å². The first-order valence-electron chi connectivity index (χ1n) is 7.57. The van der Waals surface area contributed by atoms with Gasteiger partial charge in [-0.2, -0.15) is 0 Å². The Kier molecular flexibility index (Phi) is 6.39. The quantitative estimate of drug-likeness (QED) is 0.805. The molecule has 2 aromatic rings. The zero-order valence-corrected chi connectivity index (χ0v) is 15.3. The molecule has 7 heteroatoms. The molecule has 2 aromatic carbocycles. The average Bonchev–Trinajstić information content (AvgIpc) is 2.54. The number of carbonyl (C=O) groups is 2. The summed E-state index contributed by atoms with van der Waals surface area (Å²) < 4.78 is 13.1. The summed E-state index contributed by atoms with van der Waals surface area (Å²) in [5, 5.41) is 3.11. The molecule has 2 amide bonds. The van der Waals surface area contributed by atoms with Crippen LogP contribution in [-0.4, -0.2) is 18.4 Å². The minimum Gasteiger partial charge on any atom is -0.326 e. The average molecular weight is 383 g/mol. The number of hydrogen-bond donors (Lipinski definition) is 1. The van der Waals surface area contributed by atoms with Gasteiger partial charge in [-0.15, -0.1) is 0 Å². The molecule has 0 fully saturated rings. The van der Waals surface area contributed by atoms with Crippen LogP contribution in [0.15, 0.2) is 36.4 Å². The van der Waals surface area contributed by atoms with Crippen molar-refractivity contribution in [2.75, 3.05) is 16.8 Å². The van der Waals surface area contributed by atoms with Crippen molar-refractivity contribution in [2.24, 2.45) is 0 Å². The van der Waals surface area contributed by atoms with Crippen molar-refractivity contribution in [2.45, 2.75) is 20.3 Å². The highest BCUT2D eigenvalue weighted by Crippen LogP contribution is 2.27. The van der Waals surface area contributed by atoms with E-state index in [1.165, 1.54) is 30.0 Å². The Hall–Kier alpha value is -2.11. The molecule has 0 unspecified atom stereocenters. The Bertz CT molecular complexity index is 812. The summed E-state index contributed by atoms with van der Waals surface area (Å²) >= 11 is 11.8. The molecular formula is C18H17Cl2FN2O2. The number of anilines is 2. The van der Waals surface area contributed by atoms with Gasteiger partial charge < -0.3 is 10.2 Å². The largest absolute Gasteiger partial charge is 0.326 e. The van der Waals surface area contributed by atoms with E-state index in [0.29, 0.717) is 16.4 Å². The lowest BCUT2D eigenvalue weighted by atomic mass is 10.1. The van der Waals surface area contributed by atoms with Crippen LogP contribution in [0, 0.1) is 12.7 Å². The third-order valence-electron chi connectivity index (χ3n) is 3.68. The van der Waals surface area contributed by atoms with Crippen LogP contribution in [0.5, 0.6) is 0 Å². The van der Waals surface area contributed by atoms with Crippen LogP contribution in [-0.2, 0) is 9.59 Å². The molecular weight excluding hydrogens is 366 g/mol. The number of amides is 2. The van der Waals surface area contributed by atoms with Crippen LogP contribution in [0.2, 0.25) is 10.0 Å². The summed E-state index contributed by atoms with van der Waals surface area (Å²) in [4.78, 5) is 25.6. The Morgan fingerprint density at radius 1 is 1.16 bits per heavy atom. The molecule has 1 N–H and O–H groups in total. The molecule has 2 rings (SSSR count). The second-order valence-electron chi connectivity index (χ2n) is 5.48. The van der Waals surface area contributed by atoms with Crippen LogP contribution >= 0.6 is 23.2 Å². The zero-order chi connectivity index (χ0) is 18.6. The van der Waals surface area contributed by atoms with Crippen LogP contribution in [0.25, 0.3) is 0 Å². The predicted molar refractivity (Wildman–Crippen MR) is 98.9 cm³/mol. The molecule has 4 nitrogen and oxygen atoms in total. The molecule has 0 spiro atoms. The van der Waals surface area contributed by atoms with Gasteiger partial charge in [0.05, 0.1) is 5.02 Å². The van der Waals surface area contributed by atoms with Crippen LogP contribution < -0.4 is 10.2 Å². The van der Waals surface area contributed by atoms with E-state index in [4.69, 9.17) is 23.2 Å². The Labute approximate surface area is 155 Å². The summed E-state index contributed by atoms with van der Waals surface area (Å²) in [6.45, 7) is 3.43. The van der Waals surface area contributed by atoms with Gasteiger partial charge in [-0.05, 0) is 42.8 Å². The van der Waals surface area contributed by atoms with Gasteiger partial charge in [-0.3, -0.25) is 9.59 Å². The fourth-order valence-corrected chi connectivity index (χ4v) is 2.70. The summed E-state index contributed by atoms with van der Waals surface area (Å²) in [5.41, 5.74) is 1.83. The third-order valence-corrected chi connectivity index (χ3v) is 4.37. The maximum absolute atomic E-state index is 13.1. The first-order chi connectivity index (χ1) is 11.8. The lowest BCUT2D eigenvalue weighted by Crippen LogP contribution is -2.32. The van der Waals surface area contributed by atoms with Crippen molar-refractivity contribution >= 4 is 46.4 Å². The molecule has 0 aliphatic carbocycles. The summed E-state index contributed by atoms with van der Waals surface area (Å²) in [6, 6.07) is 9.20. The Morgan fingerprint density at radius 3 is 2.52 bits per heavy atom. The molecule has 0 saturated carbocycles. The first kappa shape index (κ1) is 19.2. The summed E-state index contributed by atoms with van der Waals surface area (Å²) in [7, 11) is 0. The molecule has 0 aromatic heterocycles. The number of halogens is 3. The lowest BCUT2D eigenvalue weighted by molar-refractivity contribution is -0.117. The molecule has 132 valence electrons. The first-order valence-corrected chi connectivity index (χ1v) is 8.33. The number of hydrogen-bond acceptors (Lipinski definition) is 2. The van der Waals surface area contributed by atoms with Crippen molar-refractivity contribution in [1.29, 1.82) is 0 Å². The van der Waals surface area contributed by atoms with Crippen LogP contribution in [0.4, 0.5) is 15.8 Å². The van der Waals surface area contributed by atoms with Crippen LogP contribution in [0.3, 0.4) is 0 Å². The SMILES string of the molecule is CC(=O)N(CCC(=O)Nc1ccc(F)c(Cl)c1)c1cccc(Cl)c1C. The van der Waals surface area contributed by atoms with Crippen molar-refractivity contribution < 1.29 is 14.0 Å². The molecule has 0 bridgehead atoms. The number of rotatable bonds is 5. The fraction of sp³-hybridized carbons (Fsp3) is 0.222. The maximum Gasteiger partial charge on any atom is 0.226 e. The van der Waals surface area contributed by atoms with Crippen molar-refractivity contribution in [1.82, 2.24) is 0 Å². The van der Waals surface area contributed by atoms with E-state index in [9.17, 15) is 14.0 Å². The maximum atomic E-state index is 13.1. The Morgan fingerprint density at radius 2 is 1.88 bits per heavy atom. The van der Waals surface area contributed by atoms with E-state index >= 15 is 0 Å². The lowest BCUT2D eigenvalue weighted by Gasteiger charge is -2.23. The molecule has 25 heavy (non-hydrogen) atoms. The second kappa shape index (κ2) is 8.32. The van der Waals surface area contributed by atoms with E-state index in [-0.39, 0.29) is 29.8 Å². The highest BCUT2D eigenvalue weighted by molar-refractivity contribution is 6.32. The van der Waals surface area contributed by atoms with Gasteiger partial charge in [-0.25, -0.2) is 4.39 Å². The normalized spacial score (nSPS) is 10.4. The molecule has 0 saturated heterocycles. The molecule has 0 heterocycles. The van der Waals surface area contributed by atoms with Gasteiger partial charge in [0.1, 0.15) is 5.82 Å². The predicted octanol–water partition coefficient (Wildman–Crippen LogP) is 4.82. The van der Waals surface area contributed by atoms with Gasteiger partial charge in [-0.1, -0.05) is 29.3 Å². The van der Waals surface area contributed by atoms with E-state index in [1.807, 2.05) is 6.92 Å². The number of benzene rings is 2. The highest BCUT2D eigenvalue weighted by Gasteiger charge is 2.16. The Balaban J connectivity index is 2.05. The minimum atomic E-state index is -0.557.